The maximum absolute atomic E-state index is 13.4. The number of carbonyl (C=O) groups is 6. The number of likely N-dealkylation sites (N-methyl/N-ethyl adjacent to an activating group) is 1. The van der Waals surface area contributed by atoms with Crippen LogP contribution in [0.2, 0.25) is 0 Å². The van der Waals surface area contributed by atoms with Gasteiger partial charge in [-0.3, -0.25) is 28.9 Å². The zero-order valence-electron chi connectivity index (χ0n) is 71.4. The van der Waals surface area contributed by atoms with Gasteiger partial charge < -0.3 is 50.2 Å². The van der Waals surface area contributed by atoms with Gasteiger partial charge in [-0.2, -0.15) is 0 Å². The lowest BCUT2D eigenvalue weighted by molar-refractivity contribution is -0.129. The van der Waals surface area contributed by atoms with Crippen LogP contribution >= 0.6 is 118 Å². The van der Waals surface area contributed by atoms with Crippen LogP contribution in [0.1, 0.15) is 92.2 Å². The molecular weight excluding hydrogens is 1900 g/mol. The lowest BCUT2D eigenvalue weighted by atomic mass is 10.0. The number of fused-ring (bicyclic) bond motifs is 10. The van der Waals surface area contributed by atoms with Crippen LogP contribution in [0.4, 0.5) is 24.8 Å². The van der Waals surface area contributed by atoms with Crippen molar-refractivity contribution in [1.82, 2.24) is 44.5 Å². The van der Waals surface area contributed by atoms with Gasteiger partial charge in [0, 0.05) is 116 Å². The highest BCUT2D eigenvalue weighted by atomic mass is 79.9. The molecule has 9 aromatic carbocycles. The maximum atomic E-state index is 13.4. The smallest absolute Gasteiger partial charge is 0.410 e. The molecule has 23 rings (SSSR count). The van der Waals surface area contributed by atoms with E-state index in [0.717, 1.165) is 180 Å². The van der Waals surface area contributed by atoms with Crippen molar-refractivity contribution in [2.45, 2.75) is 78.4 Å². The molecule has 5 aliphatic rings. The Hall–Kier alpha value is -12.2. The van der Waals surface area contributed by atoms with E-state index in [1.807, 2.05) is 150 Å². The molecule has 0 saturated carbocycles. The first-order chi connectivity index (χ1) is 64.5. The van der Waals surface area contributed by atoms with Crippen LogP contribution in [0.5, 0.6) is 11.5 Å². The Bertz CT molecular complexity index is 7310. The minimum Gasteiger partial charge on any atom is -0.485 e. The van der Waals surface area contributed by atoms with Gasteiger partial charge in [0.2, 0.25) is 12.0 Å². The lowest BCUT2D eigenvalue weighted by Gasteiger charge is -2.27. The van der Waals surface area contributed by atoms with Crippen molar-refractivity contribution in [3.05, 3.63) is 298 Å². The first kappa shape index (κ1) is 87.8. The average molecular weight is 1980 g/mol. The van der Waals surface area contributed by atoms with E-state index in [0.29, 0.717) is 67.4 Å². The number of thiophene rings is 4. The molecule has 662 valence electrons. The molecule has 0 aliphatic carbocycles. The molecule has 0 bridgehead atoms. The van der Waals surface area contributed by atoms with E-state index < -0.39 is 6.10 Å². The van der Waals surface area contributed by atoms with Gasteiger partial charge in [-0.25, -0.2) is 29.7 Å². The number of para-hydroxylation sites is 6. The molecule has 9 aromatic heterocycles. The number of nitrogens with one attached hydrogen (secondary N) is 4. The van der Waals surface area contributed by atoms with Crippen LogP contribution in [-0.4, -0.2) is 133 Å². The average Bonchev–Trinajstić information content (AvgIpc) is 1.62. The van der Waals surface area contributed by atoms with Gasteiger partial charge in [0.15, 0.2) is 11.5 Å². The molecule has 132 heavy (non-hydrogen) atoms. The summed E-state index contributed by atoms with van der Waals surface area (Å²) in [7, 11) is 2.14. The Labute approximate surface area is 803 Å². The third-order valence-corrected chi connectivity index (χ3v) is 33.2. The van der Waals surface area contributed by atoms with Crippen LogP contribution < -0.4 is 30.7 Å². The van der Waals surface area contributed by atoms with Crippen molar-refractivity contribution in [2.24, 2.45) is 0 Å². The predicted molar refractivity (Wildman–Crippen MR) is 541 cm³/mol. The van der Waals surface area contributed by atoms with E-state index in [2.05, 4.69) is 114 Å². The summed E-state index contributed by atoms with van der Waals surface area (Å²) in [4.78, 5) is 114. The quantitative estimate of drug-likeness (QED) is 0.0744. The highest BCUT2D eigenvalue weighted by Gasteiger charge is 2.36. The molecule has 4 N–H and O–H groups in total. The van der Waals surface area contributed by atoms with Gasteiger partial charge in [-0.1, -0.05) is 131 Å². The van der Waals surface area contributed by atoms with Gasteiger partial charge in [-0.15, -0.1) is 102 Å². The summed E-state index contributed by atoms with van der Waals surface area (Å²) in [6, 6.07) is 72.7. The summed E-state index contributed by atoms with van der Waals surface area (Å²) in [5.41, 5.74) is 18.8. The number of anilines is 4. The van der Waals surface area contributed by atoms with Crippen molar-refractivity contribution < 1.29 is 43.0 Å². The minimum atomic E-state index is -0.721. The fraction of sp³-hybridized carbons (Fsp3) is 0.190. The predicted octanol–water partition coefficient (Wildman–Crippen LogP) is 24.0. The number of rotatable bonds is 15. The molecule has 1 atom stereocenters. The molecular formula is C100H82BrN13O9S9. The number of hydrogen-bond donors (Lipinski definition) is 4. The van der Waals surface area contributed by atoms with Crippen molar-refractivity contribution in [3.63, 3.8) is 0 Å². The van der Waals surface area contributed by atoms with E-state index in [1.165, 1.54) is 48.0 Å². The number of amides is 6. The lowest BCUT2D eigenvalue weighted by Crippen LogP contribution is -2.40. The molecule has 0 saturated heterocycles. The van der Waals surface area contributed by atoms with Gasteiger partial charge in [0.25, 0.3) is 23.6 Å². The number of hydrogen-bond acceptors (Lipinski definition) is 25. The summed E-state index contributed by atoms with van der Waals surface area (Å²) in [6.45, 7) is 10.8. The zero-order valence-corrected chi connectivity index (χ0v) is 80.3. The minimum absolute atomic E-state index is 0.0697. The van der Waals surface area contributed by atoms with Crippen LogP contribution in [0.15, 0.2) is 234 Å². The Morgan fingerprint density at radius 2 is 0.871 bits per heavy atom. The summed E-state index contributed by atoms with van der Waals surface area (Å²) >= 11 is 18.0. The zero-order chi connectivity index (χ0) is 90.0. The fourth-order valence-corrected chi connectivity index (χ4v) is 27.4. The number of aromatic nitrogens is 5. The standard InChI is InChI=1S/C30H25N3O3S2.C24H21N3O3S2.C23H18BrN3O2S2.C23H18N4OS3/c34-28(24-18-35-22-11-5-6-12-23(22)36-24)32-30-27(29-31-21-10-4-7-13-25(21)37-29)20-14-15-33(17-26(20)38-30)16-19-8-2-1-3-9-19;1-2-30-24(29)27-13-12-16-19(14-27)32-23(26-21(28)15-8-4-3-5-9-15)20(16)22-25-17-10-6-7-11-18(17)31-22;1-13(28)27-10-9-16-19(12-27)31-23(26-21(29)14-5-4-6-15(24)11-14)20(16)22-25-17-7-2-3-8-18(17)30-22;1-27-9-8-14-19(11-27)31-23(20(14)22-25-16-4-2-3-5-17(16)30-22)26-21(28)13-6-7-15-18(10-13)29-12-24-15/h1-13,24H,14-18H2,(H,32,34);3-11H,2,12-14H2,1H3,(H,26,28);2-8,11H,9-10,12H2,1H3,(H,26,29);2-7,10,12H,8-9,11H2,1H3,(H,26,28). The third kappa shape index (κ3) is 18.9. The van der Waals surface area contributed by atoms with Gasteiger partial charge in [0.1, 0.15) is 46.6 Å². The number of carbonyl (C=O) groups excluding carboxylic acids is 6. The Kier molecular flexibility index (Phi) is 25.9. The first-order valence-corrected chi connectivity index (χ1v) is 51.1. The molecule has 32 heteroatoms. The van der Waals surface area contributed by atoms with E-state index in [-0.39, 0.29) is 42.2 Å². The highest BCUT2D eigenvalue weighted by Crippen LogP contribution is 2.52. The number of nitrogens with zero attached hydrogens (tertiary/aromatic N) is 9. The number of benzene rings is 9. The molecule has 18 aromatic rings. The van der Waals surface area contributed by atoms with Gasteiger partial charge in [0.05, 0.1) is 76.3 Å². The summed E-state index contributed by atoms with van der Waals surface area (Å²) in [5, 5.41) is 19.6. The highest BCUT2D eigenvalue weighted by molar-refractivity contribution is 9.10. The third-order valence-electron chi connectivity index (χ3n) is 23.2. The Morgan fingerprint density at radius 1 is 0.432 bits per heavy atom. The summed E-state index contributed by atoms with van der Waals surface area (Å²) in [6.07, 6.45) is 2.30. The Morgan fingerprint density at radius 3 is 1.39 bits per heavy atom. The molecule has 22 nitrogen and oxygen atoms in total. The van der Waals surface area contributed by atoms with E-state index in [1.54, 1.807) is 139 Å². The summed E-state index contributed by atoms with van der Waals surface area (Å²) < 4.78 is 23.4. The van der Waals surface area contributed by atoms with E-state index in [4.69, 9.17) is 34.1 Å². The van der Waals surface area contributed by atoms with Crippen molar-refractivity contribution in [3.8, 4) is 53.8 Å². The summed E-state index contributed by atoms with van der Waals surface area (Å²) in [5.74, 6) is 0.704. The Balaban J connectivity index is 0.000000110. The second-order valence-corrected chi connectivity index (χ2v) is 42.2. The first-order valence-electron chi connectivity index (χ1n) is 42.9. The van der Waals surface area contributed by atoms with E-state index in [9.17, 15) is 28.8 Å². The molecule has 0 fully saturated rings. The number of halogens is 1. The van der Waals surface area contributed by atoms with Crippen LogP contribution in [0, 0.1) is 0 Å². The topological polar surface area (TPSA) is 256 Å². The largest absolute Gasteiger partial charge is 0.485 e. The van der Waals surface area contributed by atoms with Crippen LogP contribution in [0.3, 0.4) is 0 Å². The number of ether oxygens (including phenoxy) is 3. The van der Waals surface area contributed by atoms with Crippen molar-refractivity contribution in [1.29, 1.82) is 0 Å². The molecule has 1 unspecified atom stereocenters. The van der Waals surface area contributed by atoms with Crippen LogP contribution in [-0.2, 0) is 72.7 Å². The van der Waals surface area contributed by atoms with E-state index >= 15 is 0 Å². The molecule has 14 heterocycles. The number of thiazole rings is 5. The maximum Gasteiger partial charge on any atom is 0.410 e. The molecule has 6 amide bonds. The second-order valence-electron chi connectivity index (χ2n) is 31.9. The monoisotopic (exact) mass is 1980 g/mol. The molecule has 5 aliphatic heterocycles. The van der Waals surface area contributed by atoms with Crippen LogP contribution in [0.25, 0.3) is 93.4 Å². The normalized spacial score (nSPS) is 14.5. The van der Waals surface area contributed by atoms with Gasteiger partial charge in [-0.05, 0) is 177 Å². The van der Waals surface area contributed by atoms with Crippen molar-refractivity contribution in [2.75, 3.05) is 67.7 Å². The molecule has 0 radical (unpaired) electrons. The van der Waals surface area contributed by atoms with Crippen molar-refractivity contribution >= 4 is 225 Å². The fourth-order valence-electron chi connectivity index (χ4n) is 16.7. The van der Waals surface area contributed by atoms with Gasteiger partial charge >= 0.3 is 6.09 Å². The SMILES string of the molecule is CC(=O)N1CCc2c(sc(NC(=O)c3cccc(Br)c3)c2-c2nc3ccccc3s2)C1.CCOC(=O)N1CCc2c(sc(NC(=O)c3ccccc3)c2-c2nc3ccccc3s2)C1.CN1CCc2c(sc(NC(=O)c3ccc4ncsc4c3)c2-c2nc3ccccc3s2)C1.O=C(Nc1sc2c(c1-c1nc3ccccc3s1)CCN(Cc1ccccc1)C2)C1COc2ccccc2O1. The molecule has 0 spiro atoms. The second kappa shape index (κ2) is 39.0.